The fraction of sp³-hybridized carbons (Fsp3) is 0. The predicted molar refractivity (Wildman–Crippen MR) is 57.2 cm³/mol. The molecule has 0 atom stereocenters. The summed E-state index contributed by atoms with van der Waals surface area (Å²) < 4.78 is 13.3. The Kier molecular flexibility index (Phi) is 2.33. The molecule has 1 N–H and O–H groups in total. The molecule has 0 saturated heterocycles. The van der Waals surface area contributed by atoms with E-state index < -0.39 is 5.82 Å². The first kappa shape index (κ1) is 9.68. The van der Waals surface area contributed by atoms with Crippen molar-refractivity contribution in [3.8, 4) is 0 Å². The average Bonchev–Trinajstić information content (AvgIpc) is 2.15. The maximum Gasteiger partial charge on any atom is 0.207 e. The van der Waals surface area contributed by atoms with E-state index in [1.165, 1.54) is 18.3 Å². The van der Waals surface area contributed by atoms with Crippen LogP contribution < -0.4 is 5.43 Å². The standard InChI is InChI=1S/C9H4BrClFNO/c10-5-1-4-8(2-7(5)12)13-3-6(11)9(4)14/h1-3H,(H,13,14). The van der Waals surface area contributed by atoms with Crippen molar-refractivity contribution in [1.82, 2.24) is 4.98 Å². The highest BCUT2D eigenvalue weighted by Gasteiger charge is 2.06. The van der Waals surface area contributed by atoms with Crippen LogP contribution >= 0.6 is 27.5 Å². The minimum absolute atomic E-state index is 0.0935. The van der Waals surface area contributed by atoms with E-state index in [9.17, 15) is 9.18 Å². The Balaban J connectivity index is 2.97. The summed E-state index contributed by atoms with van der Waals surface area (Å²) in [6.07, 6.45) is 1.35. The molecule has 1 aromatic heterocycles. The molecule has 0 bridgehead atoms. The number of hydrogen-bond acceptors (Lipinski definition) is 1. The van der Waals surface area contributed by atoms with Crippen molar-refractivity contribution in [3.63, 3.8) is 0 Å². The molecular weight excluding hydrogens is 272 g/mol. The van der Waals surface area contributed by atoms with Crippen LogP contribution in [0.25, 0.3) is 10.9 Å². The van der Waals surface area contributed by atoms with Gasteiger partial charge in [0.15, 0.2) is 0 Å². The molecule has 1 heterocycles. The van der Waals surface area contributed by atoms with Gasteiger partial charge in [-0.05, 0) is 28.1 Å². The topological polar surface area (TPSA) is 32.9 Å². The third-order valence-electron chi connectivity index (χ3n) is 1.88. The summed E-state index contributed by atoms with van der Waals surface area (Å²) in [6.45, 7) is 0. The number of aromatic nitrogens is 1. The Hall–Kier alpha value is -0.870. The van der Waals surface area contributed by atoms with E-state index in [1.807, 2.05) is 0 Å². The maximum absolute atomic E-state index is 13.1. The molecule has 14 heavy (non-hydrogen) atoms. The van der Waals surface area contributed by atoms with Gasteiger partial charge < -0.3 is 4.98 Å². The van der Waals surface area contributed by atoms with Gasteiger partial charge in [-0.3, -0.25) is 4.79 Å². The smallest absolute Gasteiger partial charge is 0.207 e. The first-order chi connectivity index (χ1) is 6.59. The molecular formula is C9H4BrClFNO. The molecule has 0 spiro atoms. The SMILES string of the molecule is O=c1c(Cl)c[nH]c2cc(F)c(Br)cc12. The monoisotopic (exact) mass is 275 g/mol. The summed E-state index contributed by atoms with van der Waals surface area (Å²) in [6, 6.07) is 2.66. The summed E-state index contributed by atoms with van der Waals surface area (Å²) in [5.41, 5.74) is 0.126. The molecule has 0 amide bonds. The normalized spacial score (nSPS) is 10.8. The van der Waals surface area contributed by atoms with Crippen LogP contribution in [0.2, 0.25) is 5.02 Å². The molecule has 72 valence electrons. The number of pyridine rings is 1. The van der Waals surface area contributed by atoms with Crippen molar-refractivity contribution in [2.45, 2.75) is 0 Å². The van der Waals surface area contributed by atoms with Crippen molar-refractivity contribution in [2.75, 3.05) is 0 Å². The Bertz CT molecular complexity index is 566. The van der Waals surface area contributed by atoms with Gasteiger partial charge in [0.2, 0.25) is 5.43 Å². The minimum Gasteiger partial charge on any atom is -0.359 e. The van der Waals surface area contributed by atoms with E-state index >= 15 is 0 Å². The van der Waals surface area contributed by atoms with Crippen LogP contribution in [0.3, 0.4) is 0 Å². The molecule has 2 nitrogen and oxygen atoms in total. The number of benzene rings is 1. The Morgan fingerprint density at radius 2 is 2.14 bits per heavy atom. The summed E-state index contributed by atoms with van der Waals surface area (Å²) in [5.74, 6) is -0.421. The zero-order valence-electron chi connectivity index (χ0n) is 6.77. The van der Waals surface area contributed by atoms with Crippen LogP contribution in [0, 0.1) is 5.82 Å². The highest BCUT2D eigenvalue weighted by atomic mass is 79.9. The molecule has 2 rings (SSSR count). The third kappa shape index (κ3) is 1.44. The van der Waals surface area contributed by atoms with Gasteiger partial charge in [0.1, 0.15) is 10.8 Å². The summed E-state index contributed by atoms with van der Waals surface area (Å²) in [4.78, 5) is 14.2. The molecule has 0 fully saturated rings. The number of aromatic amines is 1. The van der Waals surface area contributed by atoms with Crippen LogP contribution in [-0.4, -0.2) is 4.98 Å². The Morgan fingerprint density at radius 3 is 2.86 bits per heavy atom. The van der Waals surface area contributed by atoms with E-state index in [-0.39, 0.29) is 14.9 Å². The number of halogens is 3. The molecule has 0 aliphatic rings. The Labute approximate surface area is 91.8 Å². The zero-order valence-corrected chi connectivity index (χ0v) is 9.12. The molecule has 0 saturated carbocycles. The molecule has 0 aliphatic carbocycles. The number of nitrogens with one attached hydrogen (secondary N) is 1. The quantitative estimate of drug-likeness (QED) is 0.788. The number of H-pyrrole nitrogens is 1. The minimum atomic E-state index is -0.421. The molecule has 0 aliphatic heterocycles. The third-order valence-corrected chi connectivity index (χ3v) is 2.76. The fourth-order valence-electron chi connectivity index (χ4n) is 1.19. The van der Waals surface area contributed by atoms with Gasteiger partial charge in [0.25, 0.3) is 0 Å². The lowest BCUT2D eigenvalue weighted by molar-refractivity contribution is 0.623. The van der Waals surface area contributed by atoms with Crippen LogP contribution in [0.15, 0.2) is 27.6 Å². The average molecular weight is 276 g/mol. The summed E-state index contributed by atoms with van der Waals surface area (Å²) in [7, 11) is 0. The highest BCUT2D eigenvalue weighted by Crippen LogP contribution is 2.20. The lowest BCUT2D eigenvalue weighted by Crippen LogP contribution is -2.03. The fourth-order valence-corrected chi connectivity index (χ4v) is 1.69. The maximum atomic E-state index is 13.1. The van der Waals surface area contributed by atoms with Gasteiger partial charge in [-0.25, -0.2) is 4.39 Å². The second-order valence-corrected chi connectivity index (χ2v) is 4.04. The van der Waals surface area contributed by atoms with E-state index in [0.29, 0.717) is 10.9 Å². The van der Waals surface area contributed by atoms with E-state index in [0.717, 1.165) is 0 Å². The zero-order chi connectivity index (χ0) is 10.3. The van der Waals surface area contributed by atoms with Crippen LogP contribution in [-0.2, 0) is 0 Å². The molecule has 2 aromatic rings. The molecule has 1 aromatic carbocycles. The van der Waals surface area contributed by atoms with Crippen molar-refractivity contribution in [2.24, 2.45) is 0 Å². The lowest BCUT2D eigenvalue weighted by Gasteiger charge is -2.00. The highest BCUT2D eigenvalue weighted by molar-refractivity contribution is 9.10. The second-order valence-electron chi connectivity index (χ2n) is 2.78. The number of fused-ring (bicyclic) bond motifs is 1. The van der Waals surface area contributed by atoms with Gasteiger partial charge in [0.05, 0.1) is 9.99 Å². The largest absolute Gasteiger partial charge is 0.359 e. The summed E-state index contributed by atoms with van der Waals surface area (Å²) in [5, 5.41) is 0.460. The van der Waals surface area contributed by atoms with Crippen LogP contribution in [0.5, 0.6) is 0 Å². The van der Waals surface area contributed by atoms with Crippen molar-refractivity contribution >= 4 is 38.4 Å². The lowest BCUT2D eigenvalue weighted by atomic mass is 10.2. The van der Waals surface area contributed by atoms with E-state index in [2.05, 4.69) is 20.9 Å². The van der Waals surface area contributed by atoms with E-state index in [4.69, 9.17) is 11.6 Å². The van der Waals surface area contributed by atoms with Crippen molar-refractivity contribution in [3.05, 3.63) is 43.9 Å². The number of hydrogen-bond donors (Lipinski definition) is 1. The summed E-state index contributed by atoms with van der Waals surface area (Å²) >= 11 is 8.63. The first-order valence-corrected chi connectivity index (χ1v) is 4.92. The first-order valence-electron chi connectivity index (χ1n) is 3.75. The van der Waals surface area contributed by atoms with E-state index in [1.54, 1.807) is 0 Å². The molecule has 5 heteroatoms. The van der Waals surface area contributed by atoms with Crippen molar-refractivity contribution < 1.29 is 4.39 Å². The number of rotatable bonds is 0. The van der Waals surface area contributed by atoms with Gasteiger partial charge >= 0.3 is 0 Å². The van der Waals surface area contributed by atoms with Gasteiger partial charge in [-0.2, -0.15) is 0 Å². The van der Waals surface area contributed by atoms with Gasteiger partial charge in [-0.1, -0.05) is 11.6 Å². The van der Waals surface area contributed by atoms with Crippen LogP contribution in [0.4, 0.5) is 4.39 Å². The molecule has 0 radical (unpaired) electrons. The predicted octanol–water partition coefficient (Wildman–Crippen LogP) is 3.08. The van der Waals surface area contributed by atoms with Gasteiger partial charge in [0, 0.05) is 11.6 Å². The second kappa shape index (κ2) is 3.37. The Morgan fingerprint density at radius 1 is 1.43 bits per heavy atom. The molecule has 0 unspecified atom stereocenters. The van der Waals surface area contributed by atoms with Crippen LogP contribution in [0.1, 0.15) is 0 Å². The van der Waals surface area contributed by atoms with Crippen molar-refractivity contribution in [1.29, 1.82) is 0 Å². The van der Waals surface area contributed by atoms with Gasteiger partial charge in [-0.15, -0.1) is 0 Å².